The number of pyridine rings is 1. The predicted octanol–water partition coefficient (Wildman–Crippen LogP) is 3.58. The molecule has 0 atom stereocenters. The van der Waals surface area contributed by atoms with Crippen LogP contribution >= 0.6 is 23.4 Å². The number of rotatable bonds is 2. The van der Waals surface area contributed by atoms with Gasteiger partial charge in [-0.1, -0.05) is 23.4 Å². The average Bonchev–Trinajstić information content (AvgIpc) is 2.88. The minimum Gasteiger partial charge on any atom is -0.254 e. The summed E-state index contributed by atoms with van der Waals surface area (Å²) in [6.45, 7) is 0. The molecule has 114 valence electrons. The van der Waals surface area contributed by atoms with Crippen LogP contribution in [-0.4, -0.2) is 30.8 Å². The molecule has 0 amide bonds. The standard InChI is InChI=1S/C12H7ClF3N5S/c1-22-11-19-10-18-3-6(5-21(10)20-11)9-8(13)2-7(4-17-9)12(14,15)16/h2-5H,1H3. The highest BCUT2D eigenvalue weighted by Crippen LogP contribution is 2.33. The molecule has 3 aromatic heterocycles. The number of nitrogens with zero attached hydrogens (tertiary/aromatic N) is 5. The zero-order valence-electron chi connectivity index (χ0n) is 11.0. The van der Waals surface area contributed by atoms with Gasteiger partial charge in [0, 0.05) is 24.2 Å². The zero-order valence-corrected chi connectivity index (χ0v) is 12.5. The topological polar surface area (TPSA) is 56.0 Å². The fourth-order valence-corrected chi connectivity index (χ4v) is 2.40. The van der Waals surface area contributed by atoms with E-state index in [0.29, 0.717) is 16.5 Å². The van der Waals surface area contributed by atoms with Crippen LogP contribution in [-0.2, 0) is 6.18 Å². The smallest absolute Gasteiger partial charge is 0.254 e. The molecule has 10 heteroatoms. The fraction of sp³-hybridized carbons (Fsp3) is 0.167. The summed E-state index contributed by atoms with van der Waals surface area (Å²) < 4.78 is 39.3. The van der Waals surface area contributed by atoms with Gasteiger partial charge in [0.15, 0.2) is 0 Å². The molecule has 0 N–H and O–H groups in total. The first kappa shape index (κ1) is 15.0. The van der Waals surface area contributed by atoms with Crippen LogP contribution in [0.1, 0.15) is 5.56 Å². The van der Waals surface area contributed by atoms with Crippen LogP contribution in [0.2, 0.25) is 5.02 Å². The van der Waals surface area contributed by atoms with Crippen molar-refractivity contribution in [2.45, 2.75) is 11.3 Å². The predicted molar refractivity (Wildman–Crippen MR) is 75.8 cm³/mol. The van der Waals surface area contributed by atoms with Gasteiger partial charge < -0.3 is 0 Å². The van der Waals surface area contributed by atoms with Gasteiger partial charge in [0.2, 0.25) is 5.16 Å². The van der Waals surface area contributed by atoms with Crippen molar-refractivity contribution < 1.29 is 13.2 Å². The molecule has 3 rings (SSSR count). The highest BCUT2D eigenvalue weighted by atomic mass is 35.5. The highest BCUT2D eigenvalue weighted by molar-refractivity contribution is 7.98. The molecular formula is C12H7ClF3N5S. The van der Waals surface area contributed by atoms with Crippen LogP contribution in [0.4, 0.5) is 13.2 Å². The Morgan fingerprint density at radius 2 is 2.00 bits per heavy atom. The Morgan fingerprint density at radius 3 is 2.64 bits per heavy atom. The molecule has 0 unspecified atom stereocenters. The molecule has 0 aromatic carbocycles. The minimum atomic E-state index is -4.49. The first-order chi connectivity index (χ1) is 10.4. The summed E-state index contributed by atoms with van der Waals surface area (Å²) in [7, 11) is 0. The number of fused-ring (bicyclic) bond motifs is 1. The van der Waals surface area contributed by atoms with Crippen molar-refractivity contribution in [2.75, 3.05) is 6.26 Å². The van der Waals surface area contributed by atoms with Crippen molar-refractivity contribution in [3.8, 4) is 11.3 Å². The number of aromatic nitrogens is 5. The van der Waals surface area contributed by atoms with Crippen LogP contribution in [0.25, 0.3) is 17.0 Å². The van der Waals surface area contributed by atoms with Crippen molar-refractivity contribution in [1.29, 1.82) is 0 Å². The molecule has 0 aliphatic rings. The van der Waals surface area contributed by atoms with Crippen molar-refractivity contribution in [2.24, 2.45) is 0 Å². The Morgan fingerprint density at radius 1 is 1.23 bits per heavy atom. The van der Waals surface area contributed by atoms with Crippen molar-refractivity contribution in [3.63, 3.8) is 0 Å². The molecule has 0 fully saturated rings. The van der Waals surface area contributed by atoms with Crippen molar-refractivity contribution >= 4 is 29.1 Å². The summed E-state index contributed by atoms with van der Waals surface area (Å²) in [5.74, 6) is 0.385. The summed E-state index contributed by atoms with van der Waals surface area (Å²) in [5, 5.41) is 4.59. The maximum atomic E-state index is 12.6. The third kappa shape index (κ3) is 2.73. The Labute approximate surface area is 131 Å². The zero-order chi connectivity index (χ0) is 15.9. The molecule has 5 nitrogen and oxygen atoms in total. The molecule has 0 radical (unpaired) electrons. The SMILES string of the molecule is CSc1nc2ncc(-c3ncc(C(F)(F)F)cc3Cl)cn2n1. The largest absolute Gasteiger partial charge is 0.417 e. The van der Waals surface area contributed by atoms with Crippen LogP contribution < -0.4 is 0 Å². The molecule has 0 aliphatic carbocycles. The summed E-state index contributed by atoms with van der Waals surface area (Å²) in [5.41, 5.74) is -0.255. The molecular weight excluding hydrogens is 339 g/mol. The number of thioether (sulfide) groups is 1. The van der Waals surface area contributed by atoms with Gasteiger partial charge in [0.05, 0.1) is 16.3 Å². The van der Waals surface area contributed by atoms with Gasteiger partial charge in [-0.3, -0.25) is 4.98 Å². The highest BCUT2D eigenvalue weighted by Gasteiger charge is 2.31. The molecule has 0 spiro atoms. The van der Waals surface area contributed by atoms with Crippen molar-refractivity contribution in [1.82, 2.24) is 24.6 Å². The van der Waals surface area contributed by atoms with Gasteiger partial charge in [0.1, 0.15) is 0 Å². The van der Waals surface area contributed by atoms with E-state index in [-0.39, 0.29) is 10.7 Å². The van der Waals surface area contributed by atoms with Gasteiger partial charge in [-0.25, -0.2) is 9.50 Å². The Hall–Kier alpha value is -1.87. The number of hydrogen-bond donors (Lipinski definition) is 0. The maximum Gasteiger partial charge on any atom is 0.417 e. The van der Waals surface area contributed by atoms with Gasteiger partial charge in [-0.2, -0.15) is 18.2 Å². The number of halogens is 4. The quantitative estimate of drug-likeness (QED) is 0.664. The third-order valence-corrected chi connectivity index (χ3v) is 3.63. The van der Waals surface area contributed by atoms with Gasteiger partial charge in [-0.05, 0) is 12.3 Å². The maximum absolute atomic E-state index is 12.6. The lowest BCUT2D eigenvalue weighted by atomic mass is 10.2. The van der Waals surface area contributed by atoms with E-state index in [0.717, 1.165) is 12.3 Å². The van der Waals surface area contributed by atoms with E-state index in [2.05, 4.69) is 20.1 Å². The van der Waals surface area contributed by atoms with Crippen LogP contribution in [0.3, 0.4) is 0 Å². The monoisotopic (exact) mass is 345 g/mol. The van der Waals surface area contributed by atoms with E-state index in [1.54, 1.807) is 6.20 Å². The number of alkyl halides is 3. The first-order valence-corrected chi connectivity index (χ1v) is 7.48. The van der Waals surface area contributed by atoms with Gasteiger partial charge in [0.25, 0.3) is 5.78 Å². The lowest BCUT2D eigenvalue weighted by Gasteiger charge is -2.09. The fourth-order valence-electron chi connectivity index (χ4n) is 1.78. The normalized spacial score (nSPS) is 12.0. The first-order valence-electron chi connectivity index (χ1n) is 5.88. The lowest BCUT2D eigenvalue weighted by molar-refractivity contribution is -0.137. The third-order valence-electron chi connectivity index (χ3n) is 2.80. The molecule has 22 heavy (non-hydrogen) atoms. The van der Waals surface area contributed by atoms with E-state index in [1.165, 1.54) is 22.5 Å². The number of hydrogen-bond acceptors (Lipinski definition) is 5. The van der Waals surface area contributed by atoms with Crippen LogP contribution in [0, 0.1) is 0 Å². The molecule has 0 saturated carbocycles. The Bertz CT molecular complexity index is 848. The molecule has 0 bridgehead atoms. The van der Waals surface area contributed by atoms with E-state index < -0.39 is 11.7 Å². The Balaban J connectivity index is 2.07. The summed E-state index contributed by atoms with van der Waals surface area (Å²) in [4.78, 5) is 12.0. The van der Waals surface area contributed by atoms with Crippen LogP contribution in [0.5, 0.6) is 0 Å². The van der Waals surface area contributed by atoms with Gasteiger partial charge >= 0.3 is 6.18 Å². The molecule has 0 aliphatic heterocycles. The van der Waals surface area contributed by atoms with Crippen molar-refractivity contribution in [3.05, 3.63) is 35.2 Å². The average molecular weight is 346 g/mol. The van der Waals surface area contributed by atoms with Gasteiger partial charge in [-0.15, -0.1) is 5.10 Å². The van der Waals surface area contributed by atoms with E-state index in [9.17, 15) is 13.2 Å². The molecule has 3 aromatic rings. The van der Waals surface area contributed by atoms with Crippen LogP contribution in [0.15, 0.2) is 29.8 Å². The summed E-state index contributed by atoms with van der Waals surface area (Å²) in [6, 6.07) is 0.836. The summed E-state index contributed by atoms with van der Waals surface area (Å²) >= 11 is 7.27. The second kappa shape index (κ2) is 5.40. The Kier molecular flexibility index (Phi) is 3.69. The second-order valence-corrected chi connectivity index (χ2v) is 5.42. The second-order valence-electron chi connectivity index (χ2n) is 4.24. The van der Waals surface area contributed by atoms with E-state index >= 15 is 0 Å². The van der Waals surface area contributed by atoms with E-state index in [4.69, 9.17) is 11.6 Å². The molecule has 3 heterocycles. The molecule has 0 saturated heterocycles. The summed E-state index contributed by atoms with van der Waals surface area (Å²) in [6.07, 6.45) is 1.08. The minimum absolute atomic E-state index is 0.110. The van der Waals surface area contributed by atoms with E-state index in [1.807, 2.05) is 6.26 Å². The lowest BCUT2D eigenvalue weighted by Crippen LogP contribution is -2.06.